The van der Waals surface area contributed by atoms with E-state index in [4.69, 9.17) is 9.47 Å². The van der Waals surface area contributed by atoms with E-state index < -0.39 is 23.7 Å². The summed E-state index contributed by atoms with van der Waals surface area (Å²) in [6.45, 7) is 3.34. The van der Waals surface area contributed by atoms with Crippen LogP contribution in [0, 0.1) is 13.8 Å². The molecule has 2 aromatic carbocycles. The van der Waals surface area contributed by atoms with Crippen molar-refractivity contribution in [1.82, 2.24) is 14.4 Å². The van der Waals surface area contributed by atoms with Gasteiger partial charge in [-0.05, 0) is 55.8 Å². The highest BCUT2D eigenvalue weighted by Crippen LogP contribution is 2.45. The summed E-state index contributed by atoms with van der Waals surface area (Å²) in [7, 11) is 1.25. The van der Waals surface area contributed by atoms with Crippen molar-refractivity contribution in [1.29, 1.82) is 0 Å². The summed E-state index contributed by atoms with van der Waals surface area (Å²) in [6.07, 6.45) is 1.72. The van der Waals surface area contributed by atoms with Crippen LogP contribution in [0.2, 0.25) is 0 Å². The number of aryl methyl sites for hydroxylation is 2. The fourth-order valence-electron chi connectivity index (χ4n) is 5.01. The zero-order valence-electron chi connectivity index (χ0n) is 22.8. The van der Waals surface area contributed by atoms with Gasteiger partial charge >= 0.3 is 11.9 Å². The van der Waals surface area contributed by atoms with E-state index >= 15 is 0 Å². The van der Waals surface area contributed by atoms with Gasteiger partial charge in [0, 0.05) is 6.20 Å². The number of methoxy groups -OCH3 is 1. The Morgan fingerprint density at radius 2 is 1.67 bits per heavy atom. The van der Waals surface area contributed by atoms with Crippen molar-refractivity contribution in [3.8, 4) is 11.5 Å². The van der Waals surface area contributed by atoms with Crippen molar-refractivity contribution in [3.63, 3.8) is 0 Å². The minimum Gasteiger partial charge on any atom is -0.505 e. The highest BCUT2D eigenvalue weighted by atomic mass is 32.1. The van der Waals surface area contributed by atoms with Crippen LogP contribution in [0.5, 0.6) is 11.5 Å². The fourth-order valence-corrected chi connectivity index (χ4v) is 6.02. The molecule has 0 radical (unpaired) electrons. The first-order valence-electron chi connectivity index (χ1n) is 12.9. The maximum Gasteiger partial charge on any atom is 0.350 e. The molecule has 1 atom stereocenters. The minimum atomic E-state index is -1.09. The number of esters is 1. The van der Waals surface area contributed by atoms with Crippen LogP contribution in [0.15, 0.2) is 84.6 Å². The third-order valence-corrected chi connectivity index (χ3v) is 8.02. The lowest BCUT2D eigenvalue weighted by atomic mass is 9.96. The van der Waals surface area contributed by atoms with Gasteiger partial charge in [0.2, 0.25) is 0 Å². The lowest BCUT2D eigenvalue weighted by Gasteiger charge is -2.23. The number of aromatic nitrogens is 3. The van der Waals surface area contributed by atoms with Crippen LogP contribution in [0.4, 0.5) is 5.13 Å². The number of ether oxygens (including phenoxy) is 2. The number of carbonyl (C=O) groups excluding carboxylic acids is 3. The van der Waals surface area contributed by atoms with E-state index in [9.17, 15) is 19.5 Å². The molecule has 5 aromatic rings. The highest BCUT2D eigenvalue weighted by Gasteiger charge is 2.49. The molecule has 6 rings (SSSR count). The maximum absolute atomic E-state index is 13.7. The van der Waals surface area contributed by atoms with Crippen LogP contribution < -0.4 is 9.64 Å². The first-order valence-corrected chi connectivity index (χ1v) is 13.7. The van der Waals surface area contributed by atoms with E-state index in [1.54, 1.807) is 73.0 Å². The molecule has 0 aliphatic carbocycles. The van der Waals surface area contributed by atoms with E-state index in [2.05, 4.69) is 9.97 Å². The number of para-hydroxylation sites is 1. The maximum atomic E-state index is 13.7. The topological polar surface area (TPSA) is 123 Å². The Bertz CT molecular complexity index is 1910. The number of hydrogen-bond acceptors (Lipinski definition) is 9. The summed E-state index contributed by atoms with van der Waals surface area (Å²) in [6, 6.07) is 20.4. The van der Waals surface area contributed by atoms with Crippen LogP contribution in [-0.4, -0.2) is 44.2 Å². The third kappa shape index (κ3) is 4.49. The quantitative estimate of drug-likeness (QED) is 0.119. The van der Waals surface area contributed by atoms with Crippen LogP contribution in [0.3, 0.4) is 0 Å². The van der Waals surface area contributed by atoms with E-state index in [-0.39, 0.29) is 27.0 Å². The van der Waals surface area contributed by atoms with Gasteiger partial charge in [0.15, 0.2) is 10.9 Å². The molecule has 1 fully saturated rings. The molecule has 1 aliphatic rings. The van der Waals surface area contributed by atoms with E-state index in [0.29, 0.717) is 34.1 Å². The Balaban J connectivity index is 1.56. The number of benzene rings is 2. The number of fused-ring (bicyclic) bond motifs is 1. The Labute approximate surface area is 244 Å². The number of ketones is 1. The van der Waals surface area contributed by atoms with Gasteiger partial charge < -0.3 is 14.6 Å². The Morgan fingerprint density at radius 3 is 2.43 bits per heavy atom. The molecule has 1 saturated heterocycles. The smallest absolute Gasteiger partial charge is 0.350 e. The fraction of sp³-hybridized carbons (Fsp3) is 0.129. The number of nitrogens with zero attached hydrogens (tertiary/aromatic N) is 4. The molecular formula is C31H24N4O6S. The zero-order chi connectivity index (χ0) is 29.5. The molecule has 4 heterocycles. The van der Waals surface area contributed by atoms with Crippen LogP contribution in [0.25, 0.3) is 11.4 Å². The molecule has 10 nitrogen and oxygen atoms in total. The second kappa shape index (κ2) is 10.6. The largest absolute Gasteiger partial charge is 0.505 e. The summed E-state index contributed by atoms with van der Waals surface area (Å²) in [5.74, 6) is -1.72. The number of amides is 1. The van der Waals surface area contributed by atoms with Gasteiger partial charge in [0.1, 0.15) is 27.7 Å². The first-order chi connectivity index (χ1) is 20.3. The molecule has 1 amide bonds. The predicted octanol–water partition coefficient (Wildman–Crippen LogP) is 5.61. The molecule has 3 aromatic heterocycles. The third-order valence-electron chi connectivity index (χ3n) is 6.89. The Kier molecular flexibility index (Phi) is 6.79. The van der Waals surface area contributed by atoms with Crippen molar-refractivity contribution < 1.29 is 29.0 Å². The molecule has 42 heavy (non-hydrogen) atoms. The molecule has 11 heteroatoms. The number of imidazole rings is 1. The molecule has 210 valence electrons. The number of aliphatic hydroxyl groups is 1. The summed E-state index contributed by atoms with van der Waals surface area (Å²) in [4.78, 5) is 50.2. The second-order valence-electron chi connectivity index (χ2n) is 9.53. The second-order valence-corrected chi connectivity index (χ2v) is 10.5. The van der Waals surface area contributed by atoms with Crippen LogP contribution in [-0.2, 0) is 14.3 Å². The number of thiazole rings is 1. The van der Waals surface area contributed by atoms with Gasteiger partial charge in [-0.15, -0.1) is 0 Å². The number of anilines is 1. The number of rotatable bonds is 6. The number of carbonyl (C=O) groups is 3. The Morgan fingerprint density at radius 1 is 0.929 bits per heavy atom. The zero-order valence-corrected chi connectivity index (χ0v) is 23.6. The number of Topliss-reactive ketones (excluding diaryl/α,β-unsaturated/α-hetero) is 1. The normalized spacial score (nSPS) is 16.3. The van der Waals surface area contributed by atoms with Crippen LogP contribution in [0.1, 0.15) is 38.4 Å². The van der Waals surface area contributed by atoms with Gasteiger partial charge in [0.05, 0.1) is 30.1 Å². The van der Waals surface area contributed by atoms with Crippen molar-refractivity contribution >= 4 is 45.5 Å². The standard InChI is InChI=1S/C31H24N4O6S/c1-17-24(34-15-8-7-14-22(34)32-17)26(36)23-25(19-10-9-13-21(16-19)41-20-11-5-4-6-12-20)35(29(38)27(23)37)31-33-18(2)28(42-31)30(39)40-3/h4-16,25,36H,1-3H3/b26-23+. The van der Waals surface area contributed by atoms with Crippen molar-refractivity contribution in [2.75, 3.05) is 12.0 Å². The highest BCUT2D eigenvalue weighted by molar-refractivity contribution is 7.17. The molecule has 1 unspecified atom stereocenters. The molecule has 1 aliphatic heterocycles. The van der Waals surface area contributed by atoms with E-state index in [0.717, 1.165) is 11.3 Å². The summed E-state index contributed by atoms with van der Waals surface area (Å²) in [5, 5.41) is 11.9. The predicted molar refractivity (Wildman–Crippen MR) is 156 cm³/mol. The van der Waals surface area contributed by atoms with Gasteiger partial charge in [-0.25, -0.2) is 14.8 Å². The summed E-state index contributed by atoms with van der Waals surface area (Å²) in [5.41, 5.74) is 2.03. The number of aliphatic hydroxyl groups excluding tert-OH is 1. The monoisotopic (exact) mass is 580 g/mol. The summed E-state index contributed by atoms with van der Waals surface area (Å²) < 4.78 is 12.6. The van der Waals surface area contributed by atoms with Crippen molar-refractivity contribution in [2.24, 2.45) is 0 Å². The van der Waals surface area contributed by atoms with Gasteiger partial charge in [-0.3, -0.25) is 18.9 Å². The van der Waals surface area contributed by atoms with Crippen molar-refractivity contribution in [2.45, 2.75) is 19.9 Å². The molecule has 1 N–H and O–H groups in total. The van der Waals surface area contributed by atoms with E-state index in [1.807, 2.05) is 24.3 Å². The average molecular weight is 581 g/mol. The van der Waals surface area contributed by atoms with Gasteiger partial charge in [0.25, 0.3) is 5.78 Å². The minimum absolute atomic E-state index is 0.114. The lowest BCUT2D eigenvalue weighted by molar-refractivity contribution is -0.132. The number of pyridine rings is 1. The van der Waals surface area contributed by atoms with Crippen molar-refractivity contribution in [3.05, 3.63) is 112 Å². The average Bonchev–Trinajstić information content (AvgIpc) is 3.63. The van der Waals surface area contributed by atoms with E-state index in [1.165, 1.54) is 12.0 Å². The van der Waals surface area contributed by atoms with Gasteiger partial charge in [-0.1, -0.05) is 47.7 Å². The number of hydrogen-bond donors (Lipinski definition) is 1. The molecule has 0 saturated carbocycles. The molecule has 0 spiro atoms. The van der Waals surface area contributed by atoms with Gasteiger partial charge in [-0.2, -0.15) is 0 Å². The first kappa shape index (κ1) is 26.9. The lowest BCUT2D eigenvalue weighted by Crippen LogP contribution is -2.29. The molecular weight excluding hydrogens is 556 g/mol. The SMILES string of the molecule is COC(=O)c1sc(N2C(=O)C(=O)/C(=C(/O)c3c(C)nc4ccccn34)C2c2cccc(Oc3ccccc3)c2)nc1C. The summed E-state index contributed by atoms with van der Waals surface area (Å²) >= 11 is 0.932. The van der Waals surface area contributed by atoms with Crippen LogP contribution >= 0.6 is 11.3 Å². The molecule has 0 bridgehead atoms. The Hall–Kier alpha value is -5.29.